The van der Waals surface area contributed by atoms with E-state index in [2.05, 4.69) is 0 Å². The average molecular weight is 673 g/mol. The number of halogens is 3. The van der Waals surface area contributed by atoms with Gasteiger partial charge in [-0.25, -0.2) is 13.2 Å². The van der Waals surface area contributed by atoms with Gasteiger partial charge in [-0.3, -0.25) is 9.59 Å². The van der Waals surface area contributed by atoms with E-state index in [0.717, 1.165) is 0 Å². The number of hydrogen-bond donors (Lipinski definition) is 0. The molecule has 1 aliphatic carbocycles. The van der Waals surface area contributed by atoms with Gasteiger partial charge in [-0.05, 0) is 47.5 Å². The smallest absolute Gasteiger partial charge is 0.191 e. The van der Waals surface area contributed by atoms with Crippen LogP contribution in [-0.2, 0) is 5.41 Å². The fourth-order valence-corrected chi connectivity index (χ4v) is 7.22. The fraction of sp³-hybridized carbons (Fsp3) is 0.0222. The zero-order valence-corrected chi connectivity index (χ0v) is 26.9. The van der Waals surface area contributed by atoms with Gasteiger partial charge in [0.15, 0.2) is 11.6 Å². The van der Waals surface area contributed by atoms with Crippen molar-refractivity contribution < 1.29 is 27.2 Å². The largest absolute Gasteiger partial charge is 0.455 e. The first-order valence-corrected chi connectivity index (χ1v) is 16.3. The van der Waals surface area contributed by atoms with Crippen LogP contribution in [0.5, 0.6) is 0 Å². The molecule has 0 saturated carbocycles. The first-order valence-electron chi connectivity index (χ1n) is 16.3. The topological polar surface area (TPSA) is 47.3 Å². The molecule has 246 valence electrons. The Morgan fingerprint density at radius 1 is 0.490 bits per heavy atom. The maximum Gasteiger partial charge on any atom is 0.191 e. The zero-order chi connectivity index (χ0) is 35.1. The summed E-state index contributed by atoms with van der Waals surface area (Å²) in [7, 11) is 0. The van der Waals surface area contributed by atoms with Crippen LogP contribution >= 0.6 is 0 Å². The van der Waals surface area contributed by atoms with E-state index in [1.54, 1.807) is 78.9 Å². The van der Waals surface area contributed by atoms with Gasteiger partial charge in [0.25, 0.3) is 0 Å². The number of benzene rings is 6. The van der Waals surface area contributed by atoms with E-state index in [4.69, 9.17) is 4.42 Å². The summed E-state index contributed by atoms with van der Waals surface area (Å²) < 4.78 is 52.7. The lowest BCUT2D eigenvalue weighted by atomic mass is 9.64. The van der Waals surface area contributed by atoms with Crippen LogP contribution in [-0.4, -0.2) is 11.6 Å². The minimum absolute atomic E-state index is 0.00520. The number of carbonyl (C=O) groups is 2. The van der Waals surface area contributed by atoms with Gasteiger partial charge >= 0.3 is 0 Å². The minimum Gasteiger partial charge on any atom is -0.455 e. The van der Waals surface area contributed by atoms with Crippen molar-refractivity contribution in [3.8, 4) is 22.6 Å². The van der Waals surface area contributed by atoms with Gasteiger partial charge in [0.1, 0.15) is 34.4 Å². The number of fused-ring (bicyclic) bond motifs is 1. The SMILES string of the molecule is O=C(C1=C(c2cccc(F)c2)c2c(-c3ccccc3)oc(-c3cccc(F)c3)c2C1(C(=O)c1ccccc1)c1cccc(F)c1)c1ccccc1. The molecule has 51 heavy (non-hydrogen) atoms. The van der Waals surface area contributed by atoms with Crippen molar-refractivity contribution in [1.82, 2.24) is 0 Å². The number of furan rings is 1. The third kappa shape index (κ3) is 5.24. The van der Waals surface area contributed by atoms with E-state index >= 15 is 22.8 Å². The highest BCUT2D eigenvalue weighted by atomic mass is 19.1. The van der Waals surface area contributed by atoms with Crippen molar-refractivity contribution in [3.63, 3.8) is 0 Å². The van der Waals surface area contributed by atoms with E-state index in [1.165, 1.54) is 54.6 Å². The van der Waals surface area contributed by atoms with Gasteiger partial charge < -0.3 is 4.42 Å². The van der Waals surface area contributed by atoms with Gasteiger partial charge in [0, 0.05) is 44.5 Å². The van der Waals surface area contributed by atoms with Gasteiger partial charge in [0.2, 0.25) is 0 Å². The Labute approximate surface area is 292 Å². The van der Waals surface area contributed by atoms with Crippen LogP contribution in [0.1, 0.15) is 43.0 Å². The second kappa shape index (κ2) is 12.7. The standard InChI is InChI=1S/C45H27F3O3/c46-34-22-10-19-31(25-34)37-38-40(43(32-20-11-23-35(47)26-32)51-42(38)29-15-6-2-7-16-29)45(33-21-12-24-36(48)27-33,44(50)30-17-8-3-9-18-30)39(37)41(49)28-13-4-1-5-14-28/h1-27H. The summed E-state index contributed by atoms with van der Waals surface area (Å²) in [5.74, 6) is -2.44. The van der Waals surface area contributed by atoms with Crippen molar-refractivity contribution in [2.75, 3.05) is 0 Å². The third-order valence-corrected chi connectivity index (χ3v) is 9.29. The van der Waals surface area contributed by atoms with Gasteiger partial charge in [0.05, 0.1) is 0 Å². The summed E-state index contributed by atoms with van der Waals surface area (Å²) in [6.07, 6.45) is 0. The van der Waals surface area contributed by atoms with Crippen LogP contribution in [0.3, 0.4) is 0 Å². The second-order valence-corrected chi connectivity index (χ2v) is 12.3. The number of carbonyl (C=O) groups excluding carboxylic acids is 2. The summed E-state index contributed by atoms with van der Waals surface area (Å²) in [4.78, 5) is 31.1. The van der Waals surface area contributed by atoms with Gasteiger partial charge in [-0.1, -0.05) is 127 Å². The highest BCUT2D eigenvalue weighted by molar-refractivity contribution is 6.28. The maximum atomic E-state index is 15.7. The predicted molar refractivity (Wildman–Crippen MR) is 191 cm³/mol. The molecule has 0 amide bonds. The molecule has 3 nitrogen and oxygen atoms in total. The molecule has 0 aliphatic heterocycles. The molecule has 0 radical (unpaired) electrons. The van der Waals surface area contributed by atoms with Crippen LogP contribution in [0, 0.1) is 17.5 Å². The fourth-order valence-electron chi connectivity index (χ4n) is 7.22. The van der Waals surface area contributed by atoms with Crippen LogP contribution < -0.4 is 0 Å². The normalized spacial score (nSPS) is 15.1. The Kier molecular flexibility index (Phi) is 7.92. The summed E-state index contributed by atoms with van der Waals surface area (Å²) in [5.41, 5.74) is 0.597. The molecule has 1 unspecified atom stereocenters. The Bertz CT molecular complexity index is 2480. The summed E-state index contributed by atoms with van der Waals surface area (Å²) >= 11 is 0. The summed E-state index contributed by atoms with van der Waals surface area (Å²) in [5, 5.41) is 0. The lowest BCUT2D eigenvalue weighted by Crippen LogP contribution is -2.41. The molecule has 0 fully saturated rings. The van der Waals surface area contributed by atoms with Crippen LogP contribution in [0.15, 0.2) is 174 Å². The molecule has 1 aliphatic rings. The van der Waals surface area contributed by atoms with Crippen molar-refractivity contribution in [2.24, 2.45) is 0 Å². The number of ketones is 2. The molecule has 0 bridgehead atoms. The van der Waals surface area contributed by atoms with E-state index < -0.39 is 34.4 Å². The summed E-state index contributed by atoms with van der Waals surface area (Å²) in [6.45, 7) is 0. The second-order valence-electron chi connectivity index (χ2n) is 12.3. The highest BCUT2D eigenvalue weighted by Gasteiger charge is 2.58. The van der Waals surface area contributed by atoms with E-state index in [0.29, 0.717) is 22.3 Å². The predicted octanol–water partition coefficient (Wildman–Crippen LogP) is 10.9. The van der Waals surface area contributed by atoms with Gasteiger partial charge in [-0.15, -0.1) is 0 Å². The Morgan fingerprint density at radius 2 is 1.00 bits per heavy atom. The van der Waals surface area contributed by atoms with E-state index in [-0.39, 0.29) is 44.9 Å². The zero-order valence-electron chi connectivity index (χ0n) is 26.9. The molecule has 0 N–H and O–H groups in total. The molecule has 1 aromatic heterocycles. The number of Topliss-reactive ketones (excluding diaryl/α,β-unsaturated/α-hetero) is 2. The number of allylic oxidation sites excluding steroid dienone is 1. The Hall–Kier alpha value is -6.53. The van der Waals surface area contributed by atoms with E-state index in [1.807, 2.05) is 30.3 Å². The quantitative estimate of drug-likeness (QED) is 0.151. The lowest BCUT2D eigenvalue weighted by molar-refractivity contribution is 0.0903. The minimum atomic E-state index is -2.06. The lowest BCUT2D eigenvalue weighted by Gasteiger charge is -2.33. The molecule has 7 aromatic rings. The molecular weight excluding hydrogens is 645 g/mol. The van der Waals surface area contributed by atoms with Crippen molar-refractivity contribution in [1.29, 1.82) is 0 Å². The number of hydrogen-bond acceptors (Lipinski definition) is 3. The molecule has 6 aromatic carbocycles. The molecule has 6 heteroatoms. The van der Waals surface area contributed by atoms with Crippen molar-refractivity contribution in [2.45, 2.75) is 5.41 Å². The van der Waals surface area contributed by atoms with Crippen LogP contribution in [0.4, 0.5) is 13.2 Å². The Balaban J connectivity index is 1.65. The molecule has 1 atom stereocenters. The first kappa shape index (κ1) is 31.7. The Morgan fingerprint density at radius 3 is 1.61 bits per heavy atom. The summed E-state index contributed by atoms with van der Waals surface area (Å²) in [6, 6.07) is 43.1. The van der Waals surface area contributed by atoms with Gasteiger partial charge in [-0.2, -0.15) is 0 Å². The molecule has 1 heterocycles. The highest BCUT2D eigenvalue weighted by Crippen LogP contribution is 2.61. The average Bonchev–Trinajstić information content (AvgIpc) is 3.70. The van der Waals surface area contributed by atoms with Crippen molar-refractivity contribution in [3.05, 3.63) is 220 Å². The van der Waals surface area contributed by atoms with E-state index in [9.17, 15) is 0 Å². The van der Waals surface area contributed by atoms with Crippen LogP contribution in [0.25, 0.3) is 28.2 Å². The monoisotopic (exact) mass is 672 g/mol. The van der Waals surface area contributed by atoms with Crippen LogP contribution in [0.2, 0.25) is 0 Å². The molecule has 0 saturated heterocycles. The molecule has 0 spiro atoms. The maximum absolute atomic E-state index is 15.7. The molecule has 8 rings (SSSR count). The van der Waals surface area contributed by atoms with Crippen molar-refractivity contribution >= 4 is 17.1 Å². The molecular formula is C45H27F3O3. The third-order valence-electron chi connectivity index (χ3n) is 9.29. The first-order chi connectivity index (χ1) is 24.9. The number of rotatable bonds is 8.